The lowest BCUT2D eigenvalue weighted by atomic mass is 9.96. The van der Waals surface area contributed by atoms with Crippen molar-refractivity contribution in [2.45, 2.75) is 44.4 Å². The topological polar surface area (TPSA) is 101 Å². The Morgan fingerprint density at radius 3 is 2.62 bits per heavy atom. The molecule has 1 aromatic rings. The number of Topliss-reactive ketones (excluding diaryl/α,β-unsaturated/α-hetero) is 1. The summed E-state index contributed by atoms with van der Waals surface area (Å²) in [6.07, 6.45) is 2.21. The zero-order valence-electron chi connectivity index (χ0n) is 12.7. The van der Waals surface area contributed by atoms with E-state index in [0.717, 1.165) is 12.0 Å². The summed E-state index contributed by atoms with van der Waals surface area (Å²) in [5, 5.41) is 13.4. The molecule has 5 heteroatoms. The number of carbonyl (C=O) groups excluding carboxylic acids is 1. The van der Waals surface area contributed by atoms with Crippen LogP contribution in [0.15, 0.2) is 30.3 Å². The van der Waals surface area contributed by atoms with Crippen LogP contribution in [0, 0.1) is 0 Å². The second kappa shape index (κ2) is 8.89. The van der Waals surface area contributed by atoms with E-state index in [4.69, 9.17) is 11.5 Å². The van der Waals surface area contributed by atoms with Gasteiger partial charge >= 0.3 is 0 Å². The molecule has 6 N–H and O–H groups in total. The maximum absolute atomic E-state index is 12.3. The van der Waals surface area contributed by atoms with Crippen molar-refractivity contribution >= 4 is 5.78 Å². The predicted octanol–water partition coefficient (Wildman–Crippen LogP) is 0.553. The molecule has 0 aliphatic heterocycles. The first-order chi connectivity index (χ1) is 10.0. The van der Waals surface area contributed by atoms with Gasteiger partial charge in [-0.3, -0.25) is 10.1 Å². The van der Waals surface area contributed by atoms with Crippen LogP contribution in [0.2, 0.25) is 0 Å². The second-order valence-corrected chi connectivity index (χ2v) is 5.28. The molecule has 0 bridgehead atoms. The van der Waals surface area contributed by atoms with Gasteiger partial charge in [0.05, 0.1) is 6.04 Å². The van der Waals surface area contributed by atoms with Crippen molar-refractivity contribution in [3.05, 3.63) is 35.9 Å². The van der Waals surface area contributed by atoms with Gasteiger partial charge < -0.3 is 16.6 Å². The van der Waals surface area contributed by atoms with Crippen molar-refractivity contribution in [3.63, 3.8) is 0 Å². The van der Waals surface area contributed by atoms with Crippen molar-refractivity contribution in [2.75, 3.05) is 13.1 Å². The zero-order chi connectivity index (χ0) is 15.7. The van der Waals surface area contributed by atoms with Crippen molar-refractivity contribution in [3.8, 4) is 0 Å². The Labute approximate surface area is 126 Å². The molecule has 0 aliphatic rings. The van der Waals surface area contributed by atoms with Crippen LogP contribution in [0.1, 0.15) is 31.7 Å². The Morgan fingerprint density at radius 2 is 2.05 bits per heavy atom. The van der Waals surface area contributed by atoms with E-state index in [0.29, 0.717) is 25.9 Å². The minimum Gasteiger partial charge on any atom is -0.369 e. The number of ketones is 1. The Balaban J connectivity index is 2.52. The van der Waals surface area contributed by atoms with Crippen molar-refractivity contribution < 1.29 is 9.90 Å². The third kappa shape index (κ3) is 5.55. The molecule has 0 fully saturated rings. The first-order valence-corrected chi connectivity index (χ1v) is 7.54. The molecule has 0 aromatic heterocycles. The summed E-state index contributed by atoms with van der Waals surface area (Å²) in [5.41, 5.74) is 10.9. The molecule has 0 heterocycles. The van der Waals surface area contributed by atoms with Gasteiger partial charge in [0.1, 0.15) is 0 Å². The molecule has 118 valence electrons. The number of hydrogen-bond acceptors (Lipinski definition) is 5. The second-order valence-electron chi connectivity index (χ2n) is 5.28. The first-order valence-electron chi connectivity index (χ1n) is 7.54. The van der Waals surface area contributed by atoms with Gasteiger partial charge in [0.15, 0.2) is 11.5 Å². The Morgan fingerprint density at radius 1 is 1.38 bits per heavy atom. The van der Waals surface area contributed by atoms with Crippen LogP contribution in [-0.4, -0.2) is 35.7 Å². The van der Waals surface area contributed by atoms with Crippen LogP contribution in [0.5, 0.6) is 0 Å². The quantitative estimate of drug-likeness (QED) is 0.472. The van der Waals surface area contributed by atoms with Gasteiger partial charge in [-0.2, -0.15) is 0 Å². The average Bonchev–Trinajstić information content (AvgIpc) is 2.52. The van der Waals surface area contributed by atoms with Crippen LogP contribution in [-0.2, 0) is 11.2 Å². The normalized spacial score (nSPS) is 15.4. The summed E-state index contributed by atoms with van der Waals surface area (Å²) in [4.78, 5) is 12.3. The van der Waals surface area contributed by atoms with E-state index in [1.807, 2.05) is 30.3 Å². The fourth-order valence-corrected chi connectivity index (χ4v) is 2.22. The van der Waals surface area contributed by atoms with E-state index >= 15 is 0 Å². The predicted molar refractivity (Wildman–Crippen MR) is 84.7 cm³/mol. The van der Waals surface area contributed by atoms with E-state index in [-0.39, 0.29) is 12.2 Å². The monoisotopic (exact) mass is 293 g/mol. The summed E-state index contributed by atoms with van der Waals surface area (Å²) >= 11 is 0. The van der Waals surface area contributed by atoms with Crippen LogP contribution >= 0.6 is 0 Å². The van der Waals surface area contributed by atoms with Gasteiger partial charge in [-0.15, -0.1) is 0 Å². The molecular weight excluding hydrogens is 266 g/mol. The van der Waals surface area contributed by atoms with Crippen molar-refractivity contribution in [2.24, 2.45) is 11.5 Å². The number of carbonyl (C=O) groups is 1. The molecule has 21 heavy (non-hydrogen) atoms. The molecule has 0 saturated carbocycles. The molecule has 1 aromatic carbocycles. The van der Waals surface area contributed by atoms with Gasteiger partial charge in [-0.1, -0.05) is 37.3 Å². The summed E-state index contributed by atoms with van der Waals surface area (Å²) in [6, 6.07) is 9.25. The summed E-state index contributed by atoms with van der Waals surface area (Å²) < 4.78 is 0. The van der Waals surface area contributed by atoms with E-state index in [1.54, 1.807) is 6.92 Å². The molecule has 0 radical (unpaired) electrons. The lowest BCUT2D eigenvalue weighted by Gasteiger charge is -2.29. The summed E-state index contributed by atoms with van der Waals surface area (Å²) in [7, 11) is 0. The van der Waals surface area contributed by atoms with Crippen molar-refractivity contribution in [1.29, 1.82) is 0 Å². The molecule has 1 unspecified atom stereocenters. The van der Waals surface area contributed by atoms with Gasteiger partial charge in [0, 0.05) is 6.54 Å². The van der Waals surface area contributed by atoms with E-state index in [1.165, 1.54) is 0 Å². The number of benzene rings is 1. The highest BCUT2D eigenvalue weighted by molar-refractivity contribution is 5.91. The molecule has 5 nitrogen and oxygen atoms in total. The highest BCUT2D eigenvalue weighted by Crippen LogP contribution is 2.12. The molecule has 1 rings (SSSR count). The minimum absolute atomic E-state index is 0.289. The van der Waals surface area contributed by atoms with Crippen LogP contribution in [0.25, 0.3) is 0 Å². The number of rotatable bonds is 10. The highest BCUT2D eigenvalue weighted by Gasteiger charge is 2.36. The van der Waals surface area contributed by atoms with Crippen LogP contribution in [0.3, 0.4) is 0 Å². The van der Waals surface area contributed by atoms with Crippen molar-refractivity contribution in [1.82, 2.24) is 5.32 Å². The van der Waals surface area contributed by atoms with Gasteiger partial charge in [-0.05, 0) is 37.8 Å². The third-order valence-corrected chi connectivity index (χ3v) is 3.65. The largest absolute Gasteiger partial charge is 0.369 e. The van der Waals surface area contributed by atoms with Gasteiger partial charge in [0.2, 0.25) is 0 Å². The SMILES string of the molecule is CCC(O)(NCCc1ccccc1)C(=O)[C@H](N)CCCN. The summed E-state index contributed by atoms with van der Waals surface area (Å²) in [5.74, 6) is -0.355. The smallest absolute Gasteiger partial charge is 0.195 e. The Bertz CT molecular complexity index is 425. The lowest BCUT2D eigenvalue weighted by Crippen LogP contribution is -2.57. The zero-order valence-corrected chi connectivity index (χ0v) is 12.7. The van der Waals surface area contributed by atoms with Gasteiger partial charge in [0.25, 0.3) is 0 Å². The van der Waals surface area contributed by atoms with E-state index < -0.39 is 11.8 Å². The number of hydrogen-bond donors (Lipinski definition) is 4. The first kappa shape index (κ1) is 17.8. The van der Waals surface area contributed by atoms with E-state index in [9.17, 15) is 9.90 Å². The molecule has 0 saturated heterocycles. The minimum atomic E-state index is -1.55. The molecule has 2 atom stereocenters. The maximum Gasteiger partial charge on any atom is 0.195 e. The summed E-state index contributed by atoms with van der Waals surface area (Å²) in [6.45, 7) is 2.78. The molecule has 0 amide bonds. The third-order valence-electron chi connectivity index (χ3n) is 3.65. The fraction of sp³-hybridized carbons (Fsp3) is 0.562. The van der Waals surface area contributed by atoms with Gasteiger partial charge in [-0.25, -0.2) is 0 Å². The van der Waals surface area contributed by atoms with Crippen LogP contribution < -0.4 is 16.8 Å². The number of nitrogens with one attached hydrogen (secondary N) is 1. The highest BCUT2D eigenvalue weighted by atomic mass is 16.3. The Kier molecular flexibility index (Phi) is 7.53. The molecule has 0 spiro atoms. The number of aliphatic hydroxyl groups is 1. The van der Waals surface area contributed by atoms with E-state index in [2.05, 4.69) is 5.32 Å². The lowest BCUT2D eigenvalue weighted by molar-refractivity contribution is -0.143. The fourth-order valence-electron chi connectivity index (χ4n) is 2.22. The molecular formula is C16H27N3O2. The molecule has 0 aliphatic carbocycles. The van der Waals surface area contributed by atoms with Crippen LogP contribution in [0.4, 0.5) is 0 Å². The standard InChI is InChI=1S/C16H27N3O2/c1-2-16(21,15(20)14(18)9-6-11-17)19-12-10-13-7-4-3-5-8-13/h3-5,7-8,14,19,21H,2,6,9-12,17-18H2,1H3/t14-,16?/m1/s1. The Hall–Kier alpha value is -1.27. The maximum atomic E-state index is 12.3. The average molecular weight is 293 g/mol. The number of nitrogens with two attached hydrogens (primary N) is 2.